The van der Waals surface area contributed by atoms with E-state index in [2.05, 4.69) is 15.9 Å². The number of rotatable bonds is 8. The predicted octanol–water partition coefficient (Wildman–Crippen LogP) is 1.68. The molecule has 0 aliphatic rings. The van der Waals surface area contributed by atoms with E-state index >= 15 is 0 Å². The number of imide groups is 1. The summed E-state index contributed by atoms with van der Waals surface area (Å²) in [6, 6.07) is -0.814. The molecule has 0 heterocycles. The van der Waals surface area contributed by atoms with Crippen molar-refractivity contribution in [3.05, 3.63) is 0 Å². The number of urea groups is 1. The van der Waals surface area contributed by atoms with Gasteiger partial charge >= 0.3 is 6.03 Å². The van der Waals surface area contributed by atoms with Gasteiger partial charge in [0.2, 0.25) is 17.7 Å². The third-order valence-corrected chi connectivity index (χ3v) is 4.34. The van der Waals surface area contributed by atoms with Gasteiger partial charge in [-0.05, 0) is 25.7 Å². The van der Waals surface area contributed by atoms with Crippen LogP contribution in [-0.4, -0.2) is 28.1 Å². The van der Waals surface area contributed by atoms with Crippen LogP contribution in [0.1, 0.15) is 66.2 Å². The molecule has 7 N–H and O–H groups in total. The third-order valence-electron chi connectivity index (χ3n) is 2.86. The molecule has 0 aliphatic heterocycles. The van der Waals surface area contributed by atoms with E-state index in [1.807, 2.05) is 33.0 Å². The molecule has 0 aromatic carbocycles. The van der Waals surface area contributed by atoms with E-state index in [9.17, 15) is 19.2 Å². The highest BCUT2D eigenvalue weighted by molar-refractivity contribution is 9.10. The van der Waals surface area contributed by atoms with Gasteiger partial charge < -0.3 is 17.2 Å². The molecule has 0 aromatic heterocycles. The molecule has 0 radical (unpaired) electrons. The Kier molecular flexibility index (Phi) is 18.4. The number of alkyl halides is 1. The van der Waals surface area contributed by atoms with E-state index in [4.69, 9.17) is 17.2 Å². The van der Waals surface area contributed by atoms with E-state index in [0.29, 0.717) is 38.5 Å². The van der Waals surface area contributed by atoms with Gasteiger partial charge in [-0.2, -0.15) is 0 Å². The lowest BCUT2D eigenvalue weighted by Gasteiger charge is -2.21. The Morgan fingerprint density at radius 2 is 1.21 bits per heavy atom. The van der Waals surface area contributed by atoms with Crippen LogP contribution in [0.5, 0.6) is 0 Å². The van der Waals surface area contributed by atoms with Crippen LogP contribution < -0.4 is 22.5 Å². The number of hydrogen-bond donors (Lipinski definition) is 4. The van der Waals surface area contributed by atoms with Gasteiger partial charge in [0.15, 0.2) is 0 Å². The smallest absolute Gasteiger partial charge is 0.318 e. The molecule has 142 valence electrons. The molecular formula is C15H31BrN4O4. The van der Waals surface area contributed by atoms with E-state index in [1.54, 1.807) is 0 Å². The highest BCUT2D eigenvalue weighted by Gasteiger charge is 2.32. The van der Waals surface area contributed by atoms with Crippen molar-refractivity contribution in [3.63, 3.8) is 0 Å². The van der Waals surface area contributed by atoms with Gasteiger partial charge in [-0.15, -0.1) is 0 Å². The molecular weight excluding hydrogens is 380 g/mol. The van der Waals surface area contributed by atoms with Crippen molar-refractivity contribution >= 4 is 39.7 Å². The molecule has 5 amide bonds. The zero-order valence-electron chi connectivity index (χ0n) is 15.0. The Hall–Kier alpha value is -1.64. The number of nitrogens with two attached hydrogens (primary N) is 3. The molecule has 0 aliphatic carbocycles. The fourth-order valence-electron chi connectivity index (χ4n) is 1.39. The van der Waals surface area contributed by atoms with Crippen LogP contribution in [0.15, 0.2) is 0 Å². The Bertz CT molecular complexity index is 383. The van der Waals surface area contributed by atoms with E-state index in [1.165, 1.54) is 0 Å². The van der Waals surface area contributed by atoms with Gasteiger partial charge in [-0.25, -0.2) is 4.79 Å². The average Bonchev–Trinajstić information content (AvgIpc) is 2.52. The molecule has 0 atom stereocenters. The number of halogens is 1. The number of primary amides is 3. The summed E-state index contributed by atoms with van der Waals surface area (Å²) in [5, 5.41) is 2.04. The van der Waals surface area contributed by atoms with E-state index in [-0.39, 0.29) is 17.7 Å². The zero-order chi connectivity index (χ0) is 19.8. The number of unbranched alkanes of at least 4 members (excludes halogenated alkanes) is 1. The van der Waals surface area contributed by atoms with Gasteiger partial charge in [-0.1, -0.05) is 43.6 Å². The minimum atomic E-state index is -0.814. The van der Waals surface area contributed by atoms with E-state index < -0.39 is 10.4 Å². The van der Waals surface area contributed by atoms with E-state index in [0.717, 1.165) is 0 Å². The second-order valence-corrected chi connectivity index (χ2v) is 6.15. The standard InChI is InChI=1S/C7H13BrN2O2.C6H12N2O2.C2H6/c1-3-7(8,4-2)5(11)10-6(9)12;7-5(9)3-1-2-4-6(8)10;1-2/h3-4H2,1-2H3,(H3,9,10,11,12);1-4H2,(H2,7,9)(H2,8,10);1-2H3. The first-order valence-corrected chi connectivity index (χ1v) is 8.74. The second kappa shape index (κ2) is 16.2. The minimum Gasteiger partial charge on any atom is -0.370 e. The summed E-state index contributed by atoms with van der Waals surface area (Å²) >= 11 is 3.26. The number of carbonyl (C=O) groups is 4. The normalized spacial score (nSPS) is 9.54. The number of nitrogens with one attached hydrogen (secondary N) is 1. The first-order valence-electron chi connectivity index (χ1n) is 7.95. The number of hydrogen-bond acceptors (Lipinski definition) is 4. The fraction of sp³-hybridized carbons (Fsp3) is 0.733. The summed E-state index contributed by atoms with van der Waals surface area (Å²) in [6.07, 6.45) is 3.21. The van der Waals surface area contributed by atoms with Crippen molar-refractivity contribution in [2.45, 2.75) is 70.5 Å². The summed E-state index contributed by atoms with van der Waals surface area (Å²) in [5.41, 5.74) is 14.5. The van der Waals surface area contributed by atoms with Crippen LogP contribution in [-0.2, 0) is 14.4 Å². The summed E-state index contributed by atoms with van der Waals surface area (Å²) in [5.74, 6) is -1.03. The molecule has 0 aromatic rings. The SMILES string of the molecule is CC.CCC(Br)(CC)C(=O)NC(N)=O.NC(=O)CCCCC(N)=O. The van der Waals surface area contributed by atoms with Gasteiger partial charge in [0.25, 0.3) is 0 Å². The van der Waals surface area contributed by atoms with Crippen LogP contribution in [0.2, 0.25) is 0 Å². The summed E-state index contributed by atoms with van der Waals surface area (Å²) in [6.45, 7) is 7.72. The highest BCUT2D eigenvalue weighted by atomic mass is 79.9. The Morgan fingerprint density at radius 3 is 1.42 bits per heavy atom. The molecule has 24 heavy (non-hydrogen) atoms. The van der Waals surface area contributed by atoms with Gasteiger partial charge in [-0.3, -0.25) is 19.7 Å². The Labute approximate surface area is 152 Å². The van der Waals surface area contributed by atoms with Crippen molar-refractivity contribution in [1.82, 2.24) is 5.32 Å². The summed E-state index contributed by atoms with van der Waals surface area (Å²) < 4.78 is -0.665. The molecule has 9 heteroatoms. The first kappa shape index (κ1) is 27.2. The minimum absolute atomic E-state index is 0.329. The van der Waals surface area contributed by atoms with Crippen molar-refractivity contribution in [2.24, 2.45) is 17.2 Å². The molecule has 0 spiro atoms. The lowest BCUT2D eigenvalue weighted by atomic mass is 10.0. The Balaban J connectivity index is -0.000000337. The first-order chi connectivity index (χ1) is 11.1. The third kappa shape index (κ3) is 16.7. The second-order valence-electron chi connectivity index (χ2n) is 4.63. The summed E-state index contributed by atoms with van der Waals surface area (Å²) in [4.78, 5) is 41.9. The predicted molar refractivity (Wildman–Crippen MR) is 98.2 cm³/mol. The molecule has 0 unspecified atom stereocenters. The van der Waals surface area contributed by atoms with Crippen molar-refractivity contribution in [1.29, 1.82) is 0 Å². The van der Waals surface area contributed by atoms with Gasteiger partial charge in [0, 0.05) is 12.8 Å². The summed E-state index contributed by atoms with van der Waals surface area (Å²) in [7, 11) is 0. The molecule has 0 fully saturated rings. The molecule has 0 rings (SSSR count). The van der Waals surface area contributed by atoms with Crippen LogP contribution in [0.3, 0.4) is 0 Å². The number of amides is 5. The van der Waals surface area contributed by atoms with Crippen LogP contribution >= 0.6 is 15.9 Å². The fourth-order valence-corrected chi connectivity index (χ4v) is 1.49. The zero-order valence-corrected chi connectivity index (χ0v) is 16.6. The van der Waals surface area contributed by atoms with Crippen molar-refractivity contribution < 1.29 is 19.2 Å². The molecule has 0 saturated heterocycles. The maximum Gasteiger partial charge on any atom is 0.318 e. The monoisotopic (exact) mass is 410 g/mol. The van der Waals surface area contributed by atoms with Crippen LogP contribution in [0.4, 0.5) is 4.79 Å². The highest BCUT2D eigenvalue weighted by Crippen LogP contribution is 2.26. The van der Waals surface area contributed by atoms with Gasteiger partial charge in [0.1, 0.15) is 4.32 Å². The Morgan fingerprint density at radius 1 is 0.875 bits per heavy atom. The average molecular weight is 411 g/mol. The largest absolute Gasteiger partial charge is 0.370 e. The molecule has 8 nitrogen and oxygen atoms in total. The van der Waals surface area contributed by atoms with Crippen molar-refractivity contribution in [2.75, 3.05) is 0 Å². The lowest BCUT2D eigenvalue weighted by molar-refractivity contribution is -0.122. The molecule has 0 bridgehead atoms. The number of carbonyl (C=O) groups excluding carboxylic acids is 4. The van der Waals surface area contributed by atoms with Gasteiger partial charge in [0.05, 0.1) is 0 Å². The topological polar surface area (TPSA) is 158 Å². The van der Waals surface area contributed by atoms with Crippen molar-refractivity contribution in [3.8, 4) is 0 Å². The van der Waals surface area contributed by atoms with Crippen LogP contribution in [0.25, 0.3) is 0 Å². The maximum absolute atomic E-state index is 11.3. The maximum atomic E-state index is 11.3. The van der Waals surface area contributed by atoms with Crippen LogP contribution in [0, 0.1) is 0 Å². The quantitative estimate of drug-likeness (QED) is 0.354. The molecule has 0 saturated carbocycles. The lowest BCUT2D eigenvalue weighted by Crippen LogP contribution is -2.46.